The van der Waals surface area contributed by atoms with Crippen molar-refractivity contribution in [1.82, 2.24) is 14.5 Å². The van der Waals surface area contributed by atoms with Gasteiger partial charge in [-0.2, -0.15) is 0 Å². The number of nitrogens with one attached hydrogen (secondary N) is 1. The van der Waals surface area contributed by atoms with Gasteiger partial charge in [0.05, 0.1) is 5.75 Å². The van der Waals surface area contributed by atoms with E-state index in [-0.39, 0.29) is 5.75 Å². The smallest absolute Gasteiger partial charge is 0.215 e. The molecule has 0 aromatic heterocycles. The van der Waals surface area contributed by atoms with Crippen molar-refractivity contribution in [3.8, 4) is 0 Å². The van der Waals surface area contributed by atoms with Crippen LogP contribution in [0.4, 0.5) is 0 Å². The molecule has 2 rings (SSSR count). The van der Waals surface area contributed by atoms with Crippen LogP contribution in [-0.4, -0.2) is 69.2 Å². The molecule has 0 spiro atoms. The molecule has 2 fully saturated rings. The van der Waals surface area contributed by atoms with Gasteiger partial charge in [-0.15, -0.1) is 0 Å². The van der Waals surface area contributed by atoms with Gasteiger partial charge in [-0.25, -0.2) is 12.7 Å². The first kappa shape index (κ1) is 14.2. The van der Waals surface area contributed by atoms with E-state index >= 15 is 0 Å². The molecule has 0 saturated carbocycles. The van der Waals surface area contributed by atoms with E-state index in [2.05, 4.69) is 10.2 Å². The van der Waals surface area contributed by atoms with Crippen molar-refractivity contribution in [2.24, 2.45) is 0 Å². The Morgan fingerprint density at radius 1 is 0.944 bits per heavy atom. The minimum absolute atomic E-state index is 0.247. The van der Waals surface area contributed by atoms with Crippen molar-refractivity contribution < 1.29 is 8.42 Å². The third-order valence-corrected chi connectivity index (χ3v) is 5.67. The average molecular weight is 275 g/mol. The highest BCUT2D eigenvalue weighted by molar-refractivity contribution is 7.89. The van der Waals surface area contributed by atoms with Crippen LogP contribution in [0.1, 0.15) is 25.7 Å². The number of hydrogen-bond acceptors (Lipinski definition) is 4. The third kappa shape index (κ3) is 4.19. The maximum Gasteiger partial charge on any atom is 0.215 e. The lowest BCUT2D eigenvalue weighted by Gasteiger charge is -2.27. The zero-order valence-corrected chi connectivity index (χ0v) is 11.9. The normalized spacial score (nSPS) is 26.9. The van der Waals surface area contributed by atoms with E-state index in [1.165, 1.54) is 32.4 Å². The minimum atomic E-state index is -3.01. The molecule has 2 saturated heterocycles. The summed E-state index contributed by atoms with van der Waals surface area (Å²) in [5, 5.41) is 3.14. The quantitative estimate of drug-likeness (QED) is 0.790. The molecule has 0 amide bonds. The molecule has 0 bridgehead atoms. The molecule has 0 radical (unpaired) electrons. The van der Waals surface area contributed by atoms with E-state index in [4.69, 9.17) is 0 Å². The van der Waals surface area contributed by atoms with E-state index in [0.29, 0.717) is 19.6 Å². The van der Waals surface area contributed by atoms with Crippen molar-refractivity contribution in [2.75, 3.05) is 51.6 Å². The molecule has 1 N–H and O–H groups in total. The molecular formula is C12H25N3O2S. The Kier molecular flexibility index (Phi) is 5.41. The van der Waals surface area contributed by atoms with E-state index in [0.717, 1.165) is 19.5 Å². The van der Waals surface area contributed by atoms with Crippen LogP contribution in [0.2, 0.25) is 0 Å². The van der Waals surface area contributed by atoms with Gasteiger partial charge in [-0.1, -0.05) is 6.42 Å². The summed E-state index contributed by atoms with van der Waals surface area (Å²) in [7, 11) is -3.01. The molecule has 0 aromatic rings. The van der Waals surface area contributed by atoms with Crippen molar-refractivity contribution in [3.05, 3.63) is 0 Å². The molecule has 0 unspecified atom stereocenters. The molecular weight excluding hydrogens is 250 g/mol. The number of nitrogens with zero attached hydrogens (tertiary/aromatic N) is 2. The first-order valence-electron chi connectivity index (χ1n) is 7.09. The van der Waals surface area contributed by atoms with E-state index < -0.39 is 10.0 Å². The molecule has 6 heteroatoms. The first-order chi connectivity index (χ1) is 8.68. The highest BCUT2D eigenvalue weighted by atomic mass is 32.2. The highest BCUT2D eigenvalue weighted by Crippen LogP contribution is 2.10. The Bertz CT molecular complexity index is 339. The van der Waals surface area contributed by atoms with Gasteiger partial charge in [0.25, 0.3) is 0 Å². The average Bonchev–Trinajstić information content (AvgIpc) is 2.53. The Hall–Kier alpha value is -0.170. The highest BCUT2D eigenvalue weighted by Gasteiger charge is 2.23. The summed E-state index contributed by atoms with van der Waals surface area (Å²) in [6.07, 6.45) is 4.90. The van der Waals surface area contributed by atoms with E-state index in [9.17, 15) is 8.42 Å². The molecule has 0 aliphatic carbocycles. The SMILES string of the molecule is O=S1(=O)CCNCCN1CCCN1CCCCC1. The number of piperidine rings is 1. The number of likely N-dealkylation sites (tertiary alicyclic amines) is 1. The van der Waals surface area contributed by atoms with Crippen molar-refractivity contribution in [2.45, 2.75) is 25.7 Å². The molecule has 0 atom stereocenters. The molecule has 2 heterocycles. The van der Waals surface area contributed by atoms with Gasteiger partial charge in [-0.05, 0) is 38.9 Å². The monoisotopic (exact) mass is 275 g/mol. The molecule has 2 aliphatic rings. The number of hydrogen-bond donors (Lipinski definition) is 1. The second-order valence-corrected chi connectivity index (χ2v) is 7.31. The summed E-state index contributed by atoms with van der Waals surface area (Å²) in [5.41, 5.74) is 0. The Balaban J connectivity index is 1.74. The standard InChI is InChI=1S/C12H25N3O2S/c16-18(17)12-6-13-5-11-15(18)10-4-9-14-7-2-1-3-8-14/h13H,1-12H2. The number of rotatable bonds is 4. The molecule has 2 aliphatic heterocycles. The van der Waals surface area contributed by atoms with Crippen molar-refractivity contribution in [1.29, 1.82) is 0 Å². The van der Waals surface area contributed by atoms with Gasteiger partial charge in [0.1, 0.15) is 0 Å². The lowest BCUT2D eigenvalue weighted by atomic mass is 10.1. The van der Waals surface area contributed by atoms with Gasteiger partial charge in [0, 0.05) is 26.2 Å². The van der Waals surface area contributed by atoms with Crippen LogP contribution in [0, 0.1) is 0 Å². The van der Waals surface area contributed by atoms with Gasteiger partial charge in [0.15, 0.2) is 0 Å². The molecule has 18 heavy (non-hydrogen) atoms. The zero-order chi connectivity index (χ0) is 12.8. The Morgan fingerprint density at radius 3 is 2.50 bits per heavy atom. The fraction of sp³-hybridized carbons (Fsp3) is 1.00. The summed E-state index contributed by atoms with van der Waals surface area (Å²) in [5.74, 6) is 0.247. The van der Waals surface area contributed by atoms with E-state index in [1.54, 1.807) is 4.31 Å². The second-order valence-electron chi connectivity index (χ2n) is 5.22. The Morgan fingerprint density at radius 2 is 1.72 bits per heavy atom. The van der Waals surface area contributed by atoms with Crippen LogP contribution >= 0.6 is 0 Å². The lowest BCUT2D eigenvalue weighted by molar-refractivity contribution is 0.220. The lowest BCUT2D eigenvalue weighted by Crippen LogP contribution is -2.37. The fourth-order valence-corrected chi connectivity index (χ4v) is 4.14. The molecule has 0 aromatic carbocycles. The maximum absolute atomic E-state index is 12.0. The van der Waals surface area contributed by atoms with Gasteiger partial charge in [-0.3, -0.25) is 0 Å². The predicted octanol–water partition coefficient (Wildman–Crippen LogP) is 0.0974. The third-order valence-electron chi connectivity index (χ3n) is 3.80. The summed E-state index contributed by atoms with van der Waals surface area (Å²) >= 11 is 0. The molecule has 106 valence electrons. The first-order valence-corrected chi connectivity index (χ1v) is 8.70. The van der Waals surface area contributed by atoms with Crippen LogP contribution in [0.5, 0.6) is 0 Å². The Labute approximate surface area is 111 Å². The summed E-state index contributed by atoms with van der Waals surface area (Å²) < 4.78 is 25.6. The largest absolute Gasteiger partial charge is 0.314 e. The summed E-state index contributed by atoms with van der Waals surface area (Å²) in [6, 6.07) is 0. The van der Waals surface area contributed by atoms with Gasteiger partial charge in [0.2, 0.25) is 10.0 Å². The minimum Gasteiger partial charge on any atom is -0.314 e. The maximum atomic E-state index is 12.0. The van der Waals surface area contributed by atoms with Crippen LogP contribution < -0.4 is 5.32 Å². The summed E-state index contributed by atoms with van der Waals surface area (Å²) in [6.45, 7) is 6.10. The second kappa shape index (κ2) is 6.84. The predicted molar refractivity (Wildman–Crippen MR) is 73.1 cm³/mol. The van der Waals surface area contributed by atoms with E-state index in [1.807, 2.05) is 0 Å². The van der Waals surface area contributed by atoms with Crippen LogP contribution in [0.25, 0.3) is 0 Å². The van der Waals surface area contributed by atoms with Crippen molar-refractivity contribution >= 4 is 10.0 Å². The van der Waals surface area contributed by atoms with Gasteiger partial charge < -0.3 is 10.2 Å². The molecule has 5 nitrogen and oxygen atoms in total. The zero-order valence-electron chi connectivity index (χ0n) is 11.1. The van der Waals surface area contributed by atoms with Gasteiger partial charge >= 0.3 is 0 Å². The fourth-order valence-electron chi connectivity index (χ4n) is 2.70. The van der Waals surface area contributed by atoms with Crippen molar-refractivity contribution in [3.63, 3.8) is 0 Å². The van der Waals surface area contributed by atoms with Crippen LogP contribution in [-0.2, 0) is 10.0 Å². The van der Waals surface area contributed by atoms with Crippen LogP contribution in [0.3, 0.4) is 0 Å². The topological polar surface area (TPSA) is 52.7 Å². The number of sulfonamides is 1. The summed E-state index contributed by atoms with van der Waals surface area (Å²) in [4.78, 5) is 2.46. The van der Waals surface area contributed by atoms with Crippen LogP contribution in [0.15, 0.2) is 0 Å².